The molecule has 0 saturated heterocycles. The van der Waals surface area contributed by atoms with Crippen molar-refractivity contribution >= 4 is 30.0 Å². The van der Waals surface area contributed by atoms with Crippen LogP contribution in [0.4, 0.5) is 9.59 Å². The summed E-state index contributed by atoms with van der Waals surface area (Å²) in [5.74, 6) is 2.82. The van der Waals surface area contributed by atoms with Crippen LogP contribution < -0.4 is 27.5 Å². The highest BCUT2D eigenvalue weighted by Crippen LogP contribution is 2.06. The summed E-state index contributed by atoms with van der Waals surface area (Å²) in [4.78, 5) is 65.2. The smallest absolute Gasteiger partial charge is 0.431 e. The van der Waals surface area contributed by atoms with Gasteiger partial charge in [-0.25, -0.2) is 20.3 Å². The minimum absolute atomic E-state index is 0.0729. The Balaban J connectivity index is -0.000000448. The van der Waals surface area contributed by atoms with Crippen molar-refractivity contribution in [2.75, 3.05) is 33.9 Å². The highest BCUT2D eigenvalue weighted by molar-refractivity contribution is 5.77. The Kier molecular flexibility index (Phi) is 20.1. The van der Waals surface area contributed by atoms with Gasteiger partial charge in [0, 0.05) is 14.1 Å². The van der Waals surface area contributed by atoms with E-state index in [1.54, 1.807) is 41.5 Å². The molecule has 0 aromatic heterocycles. The highest BCUT2D eigenvalue weighted by Gasteiger charge is 2.17. The van der Waals surface area contributed by atoms with E-state index in [0.29, 0.717) is 0 Å². The number of carboxylic acid groups (broad SMARTS) is 1. The zero-order chi connectivity index (χ0) is 27.4. The molecule has 0 radical (unpaired) electrons. The molecule has 34 heavy (non-hydrogen) atoms. The van der Waals surface area contributed by atoms with E-state index in [4.69, 9.17) is 14.6 Å². The van der Waals surface area contributed by atoms with Crippen LogP contribution in [0, 0.1) is 0 Å². The quantitative estimate of drug-likeness (QED) is 0.229. The van der Waals surface area contributed by atoms with E-state index < -0.39 is 36.0 Å². The number of carbonyl (C=O) groups excluding carboxylic acids is 4. The Hall–Kier alpha value is -3.21. The number of carbonyl (C=O) groups is 5. The van der Waals surface area contributed by atoms with Gasteiger partial charge in [-0.3, -0.25) is 24.1 Å². The Bertz CT molecular complexity index is 631. The average molecular weight is 500 g/mol. The number of likely N-dealkylation sites (N-methyl/N-ethyl adjacent to an activating group) is 2. The molecule has 0 aliphatic rings. The number of nitrogens with one attached hydrogen (secondary N) is 4. The van der Waals surface area contributed by atoms with Gasteiger partial charge in [0.05, 0.1) is 0 Å². The molecule has 0 heterocycles. The summed E-state index contributed by atoms with van der Waals surface area (Å²) in [6.45, 7) is 9.32. The zero-order valence-corrected chi connectivity index (χ0v) is 20.7. The predicted molar refractivity (Wildman–Crippen MR) is 117 cm³/mol. The first-order valence-electron chi connectivity index (χ1n) is 9.63. The number of carboxylic acids is 1. The van der Waals surface area contributed by atoms with E-state index >= 15 is 0 Å². The molecule has 7 N–H and O–H groups in total. The van der Waals surface area contributed by atoms with Gasteiger partial charge < -0.3 is 25.2 Å². The van der Waals surface area contributed by atoms with E-state index in [1.807, 2.05) is 11.0 Å². The standard InChI is InChI=1S/C8H16N2O4.C7H13NO5.C3H8N2O2/c1-8(2,3)14-7(12)10-13-5-6(11)9-4;1-7(2,3)13-6(11)8-12-4-5(9)10;1-5-3(6)2-7-4/h5H2,1-4H3,(H,9,11)(H,10,12);4H2,1-3H3,(H,8,11)(H,9,10);2,4H2,1H3,(H,5,6). The van der Waals surface area contributed by atoms with E-state index in [1.165, 1.54) is 14.1 Å². The lowest BCUT2D eigenvalue weighted by atomic mass is 10.2. The van der Waals surface area contributed by atoms with E-state index in [2.05, 4.69) is 31.0 Å². The summed E-state index contributed by atoms with van der Waals surface area (Å²) >= 11 is 0. The second kappa shape index (κ2) is 19.3. The summed E-state index contributed by atoms with van der Waals surface area (Å²) in [5.41, 5.74) is 2.60. The van der Waals surface area contributed by atoms with Gasteiger partial charge in [-0.1, -0.05) is 0 Å². The Morgan fingerprint density at radius 3 is 1.32 bits per heavy atom. The minimum Gasteiger partial charge on any atom is -0.479 e. The van der Waals surface area contributed by atoms with E-state index in [0.717, 1.165) is 0 Å². The van der Waals surface area contributed by atoms with Gasteiger partial charge >= 0.3 is 18.2 Å². The molecule has 200 valence electrons. The van der Waals surface area contributed by atoms with Gasteiger partial charge in [-0.2, -0.15) is 11.0 Å². The van der Waals surface area contributed by atoms with Gasteiger partial charge in [0.25, 0.3) is 0 Å². The average Bonchev–Trinajstić information content (AvgIpc) is 2.65. The van der Waals surface area contributed by atoms with Gasteiger partial charge in [0.1, 0.15) is 17.8 Å². The minimum atomic E-state index is -1.17. The molecule has 16 nitrogen and oxygen atoms in total. The lowest BCUT2D eigenvalue weighted by Gasteiger charge is -2.19. The van der Waals surface area contributed by atoms with Crippen molar-refractivity contribution in [2.45, 2.75) is 52.7 Å². The van der Waals surface area contributed by atoms with Crippen molar-refractivity contribution in [2.24, 2.45) is 5.90 Å². The summed E-state index contributed by atoms with van der Waals surface area (Å²) in [6, 6.07) is 0. The van der Waals surface area contributed by atoms with Gasteiger partial charge in [-0.15, -0.1) is 0 Å². The third kappa shape index (κ3) is 33.4. The molecule has 0 aliphatic heterocycles. The van der Waals surface area contributed by atoms with Crippen molar-refractivity contribution in [1.82, 2.24) is 21.6 Å². The molecule has 0 aliphatic carbocycles. The normalized spacial score (nSPS) is 10.1. The van der Waals surface area contributed by atoms with Crippen molar-refractivity contribution in [3.05, 3.63) is 0 Å². The third-order valence-corrected chi connectivity index (χ3v) is 2.28. The van der Waals surface area contributed by atoms with Crippen LogP contribution in [0.1, 0.15) is 41.5 Å². The second-order valence-corrected chi connectivity index (χ2v) is 7.84. The predicted octanol–water partition coefficient (Wildman–Crippen LogP) is -0.661. The molecule has 0 aromatic carbocycles. The monoisotopic (exact) mass is 499 g/mol. The first-order valence-corrected chi connectivity index (χ1v) is 9.63. The number of hydrogen-bond acceptors (Lipinski definition) is 11. The molecule has 0 atom stereocenters. The Morgan fingerprint density at radius 2 is 1.06 bits per heavy atom. The van der Waals surface area contributed by atoms with Crippen LogP contribution in [0.3, 0.4) is 0 Å². The van der Waals surface area contributed by atoms with Crippen molar-refractivity contribution < 1.29 is 53.1 Å². The first kappa shape index (κ1) is 35.4. The summed E-state index contributed by atoms with van der Waals surface area (Å²) in [7, 11) is 2.99. The largest absolute Gasteiger partial charge is 0.479 e. The number of nitrogens with two attached hydrogens (primary N) is 1. The summed E-state index contributed by atoms with van der Waals surface area (Å²) < 4.78 is 9.60. The lowest BCUT2D eigenvalue weighted by Crippen LogP contribution is -2.35. The van der Waals surface area contributed by atoms with Crippen LogP contribution in [-0.2, 0) is 38.4 Å². The van der Waals surface area contributed by atoms with Gasteiger partial charge in [-0.05, 0) is 41.5 Å². The molecular formula is C18H37N5O11. The summed E-state index contributed by atoms with van der Waals surface area (Å²) in [6.07, 6.45) is -1.53. The molecule has 0 fully saturated rings. The van der Waals surface area contributed by atoms with E-state index in [9.17, 15) is 24.0 Å². The molecule has 0 bridgehead atoms. The van der Waals surface area contributed by atoms with Crippen LogP contribution in [0.25, 0.3) is 0 Å². The number of amides is 4. The van der Waals surface area contributed by atoms with Crippen LogP contribution in [0.2, 0.25) is 0 Å². The fraction of sp³-hybridized carbons (Fsp3) is 0.722. The SMILES string of the molecule is CC(C)(C)OC(=O)NOCC(=O)O.CNC(=O)CON.CNC(=O)CONC(=O)OC(C)(C)C. The van der Waals surface area contributed by atoms with E-state index in [-0.39, 0.29) is 25.0 Å². The number of ether oxygens (including phenoxy) is 2. The Labute approximate surface area is 198 Å². The van der Waals surface area contributed by atoms with Crippen molar-refractivity contribution in [1.29, 1.82) is 0 Å². The molecular weight excluding hydrogens is 462 g/mol. The molecule has 0 rings (SSSR count). The molecule has 4 amide bonds. The topological polar surface area (TPSA) is 226 Å². The lowest BCUT2D eigenvalue weighted by molar-refractivity contribution is -0.144. The molecule has 16 heteroatoms. The third-order valence-electron chi connectivity index (χ3n) is 2.28. The van der Waals surface area contributed by atoms with Gasteiger partial charge in [0.15, 0.2) is 13.2 Å². The molecule has 0 aromatic rings. The second-order valence-electron chi connectivity index (χ2n) is 7.84. The number of hydrogen-bond donors (Lipinski definition) is 6. The molecule has 0 saturated carbocycles. The fourth-order valence-corrected chi connectivity index (χ4v) is 1.14. The number of rotatable bonds is 8. The number of hydroxylamine groups is 2. The van der Waals surface area contributed by atoms with Crippen LogP contribution in [0.15, 0.2) is 0 Å². The fourth-order valence-electron chi connectivity index (χ4n) is 1.14. The Morgan fingerprint density at radius 1 is 0.706 bits per heavy atom. The number of aliphatic carboxylic acids is 1. The van der Waals surface area contributed by atoms with Crippen molar-refractivity contribution in [3.8, 4) is 0 Å². The van der Waals surface area contributed by atoms with Gasteiger partial charge in [0.2, 0.25) is 11.8 Å². The van der Waals surface area contributed by atoms with Crippen LogP contribution >= 0.6 is 0 Å². The molecule has 0 unspecified atom stereocenters. The van der Waals surface area contributed by atoms with Crippen molar-refractivity contribution in [3.63, 3.8) is 0 Å². The van der Waals surface area contributed by atoms with Crippen LogP contribution in [-0.4, -0.2) is 80.2 Å². The maximum Gasteiger partial charge on any atom is 0.431 e. The maximum atomic E-state index is 10.9. The zero-order valence-electron chi connectivity index (χ0n) is 20.7. The summed E-state index contributed by atoms with van der Waals surface area (Å²) in [5, 5.41) is 12.8. The molecule has 0 spiro atoms. The highest BCUT2D eigenvalue weighted by atomic mass is 16.7. The maximum absolute atomic E-state index is 10.9. The first-order chi connectivity index (χ1) is 15.5. The van der Waals surface area contributed by atoms with Crippen LogP contribution in [0.5, 0.6) is 0 Å².